The molecule has 1 heterocycles. The second-order valence-corrected chi connectivity index (χ2v) is 5.30. The fourth-order valence-electron chi connectivity index (χ4n) is 2.40. The summed E-state index contributed by atoms with van der Waals surface area (Å²) in [6.07, 6.45) is 6.07. The van der Waals surface area contributed by atoms with E-state index in [4.69, 9.17) is 0 Å². The number of carbonyl (C=O) groups is 1. The lowest BCUT2D eigenvalue weighted by Gasteiger charge is -2.32. The predicted molar refractivity (Wildman–Crippen MR) is 72.0 cm³/mol. The van der Waals surface area contributed by atoms with Crippen LogP contribution in [0.3, 0.4) is 0 Å². The van der Waals surface area contributed by atoms with Crippen LogP contribution >= 0.6 is 0 Å². The highest BCUT2D eigenvalue weighted by atomic mass is 16.2. The van der Waals surface area contributed by atoms with Gasteiger partial charge in [0.05, 0.1) is 6.54 Å². The van der Waals surface area contributed by atoms with Crippen LogP contribution in [0.1, 0.15) is 52.9 Å². The number of piperidine rings is 1. The molecule has 1 unspecified atom stereocenters. The van der Waals surface area contributed by atoms with E-state index >= 15 is 0 Å². The average molecular weight is 240 g/mol. The maximum Gasteiger partial charge on any atom is 0.236 e. The molecule has 0 spiro atoms. The van der Waals surface area contributed by atoms with Crippen LogP contribution in [0.5, 0.6) is 0 Å². The van der Waals surface area contributed by atoms with Gasteiger partial charge in [-0.1, -0.05) is 26.7 Å². The Balaban J connectivity index is 2.21. The van der Waals surface area contributed by atoms with E-state index in [9.17, 15) is 4.79 Å². The quantitative estimate of drug-likeness (QED) is 0.773. The van der Waals surface area contributed by atoms with Crippen molar-refractivity contribution in [2.75, 3.05) is 19.6 Å². The number of nitrogens with zero attached hydrogens (tertiary/aromatic N) is 1. The lowest BCUT2D eigenvalue weighted by atomic mass is 9.92. The molecule has 0 saturated carbocycles. The van der Waals surface area contributed by atoms with Crippen molar-refractivity contribution in [1.29, 1.82) is 0 Å². The largest absolute Gasteiger partial charge is 0.342 e. The Kier molecular flexibility index (Phi) is 6.56. The van der Waals surface area contributed by atoms with Crippen LogP contribution in [0.15, 0.2) is 0 Å². The van der Waals surface area contributed by atoms with Gasteiger partial charge in [0.15, 0.2) is 0 Å². The Morgan fingerprint density at radius 1 is 1.35 bits per heavy atom. The minimum Gasteiger partial charge on any atom is -0.342 e. The molecule has 1 atom stereocenters. The minimum absolute atomic E-state index is 0.278. The highest BCUT2D eigenvalue weighted by Gasteiger charge is 2.21. The van der Waals surface area contributed by atoms with Gasteiger partial charge in [0.1, 0.15) is 0 Å². The first-order valence-electron chi connectivity index (χ1n) is 7.18. The summed E-state index contributed by atoms with van der Waals surface area (Å²) in [6, 6.07) is 0.441. The van der Waals surface area contributed by atoms with Gasteiger partial charge in [-0.05, 0) is 32.1 Å². The van der Waals surface area contributed by atoms with Crippen LogP contribution in [0.2, 0.25) is 0 Å². The van der Waals surface area contributed by atoms with Gasteiger partial charge in [0.2, 0.25) is 5.91 Å². The van der Waals surface area contributed by atoms with E-state index in [0.717, 1.165) is 25.4 Å². The van der Waals surface area contributed by atoms with Gasteiger partial charge in [-0.2, -0.15) is 0 Å². The van der Waals surface area contributed by atoms with E-state index in [1.807, 2.05) is 4.90 Å². The first kappa shape index (κ1) is 14.5. The van der Waals surface area contributed by atoms with Crippen molar-refractivity contribution in [3.05, 3.63) is 0 Å². The number of rotatable bonds is 6. The van der Waals surface area contributed by atoms with Crippen molar-refractivity contribution in [1.82, 2.24) is 10.2 Å². The first-order valence-corrected chi connectivity index (χ1v) is 7.18. The molecule has 17 heavy (non-hydrogen) atoms. The summed E-state index contributed by atoms with van der Waals surface area (Å²) in [4.78, 5) is 14.0. The molecule has 0 aliphatic carbocycles. The molecule has 0 radical (unpaired) electrons. The van der Waals surface area contributed by atoms with Gasteiger partial charge in [0.25, 0.3) is 0 Å². The average Bonchev–Trinajstić information content (AvgIpc) is 2.36. The van der Waals surface area contributed by atoms with E-state index in [1.54, 1.807) is 0 Å². The zero-order valence-corrected chi connectivity index (χ0v) is 11.7. The van der Waals surface area contributed by atoms with E-state index in [-0.39, 0.29) is 5.91 Å². The molecular weight excluding hydrogens is 212 g/mol. The molecule has 0 aromatic carbocycles. The number of likely N-dealkylation sites (tertiary alicyclic amines) is 1. The Morgan fingerprint density at radius 3 is 2.53 bits per heavy atom. The molecule has 3 nitrogen and oxygen atoms in total. The van der Waals surface area contributed by atoms with Crippen LogP contribution < -0.4 is 5.32 Å². The molecule has 100 valence electrons. The zero-order valence-electron chi connectivity index (χ0n) is 11.7. The fraction of sp³-hybridized carbons (Fsp3) is 0.929. The second kappa shape index (κ2) is 7.70. The summed E-state index contributed by atoms with van der Waals surface area (Å²) in [5.41, 5.74) is 0. The van der Waals surface area contributed by atoms with Crippen LogP contribution in [0, 0.1) is 5.92 Å². The number of amides is 1. The fourth-order valence-corrected chi connectivity index (χ4v) is 2.40. The lowest BCUT2D eigenvalue weighted by Crippen LogP contribution is -2.44. The van der Waals surface area contributed by atoms with Crippen LogP contribution in [0.4, 0.5) is 0 Å². The van der Waals surface area contributed by atoms with Gasteiger partial charge in [-0.25, -0.2) is 0 Å². The zero-order chi connectivity index (χ0) is 12.7. The first-order chi connectivity index (χ1) is 8.17. The van der Waals surface area contributed by atoms with E-state index in [0.29, 0.717) is 12.6 Å². The molecule has 0 aromatic heterocycles. The predicted octanol–water partition coefficient (Wildman–Crippen LogP) is 2.41. The third-order valence-electron chi connectivity index (χ3n) is 3.88. The van der Waals surface area contributed by atoms with Crippen molar-refractivity contribution in [3.8, 4) is 0 Å². The molecule has 1 rings (SSSR count). The Bertz CT molecular complexity index is 222. The van der Waals surface area contributed by atoms with Crippen molar-refractivity contribution in [3.63, 3.8) is 0 Å². The molecule has 1 saturated heterocycles. The number of hydrogen-bond donors (Lipinski definition) is 1. The minimum atomic E-state index is 0.278. The summed E-state index contributed by atoms with van der Waals surface area (Å²) in [5, 5.41) is 3.27. The monoisotopic (exact) mass is 240 g/mol. The topological polar surface area (TPSA) is 32.3 Å². The summed E-state index contributed by atoms with van der Waals surface area (Å²) in [7, 11) is 0. The highest BCUT2D eigenvalue weighted by molar-refractivity contribution is 5.78. The smallest absolute Gasteiger partial charge is 0.236 e. The number of carbonyl (C=O) groups excluding carboxylic acids is 1. The summed E-state index contributed by atoms with van der Waals surface area (Å²) in [6.45, 7) is 8.94. The highest BCUT2D eigenvalue weighted by Crippen LogP contribution is 2.21. The Labute approximate surface area is 106 Å². The third kappa shape index (κ3) is 5.07. The van der Waals surface area contributed by atoms with Crippen LogP contribution in [-0.2, 0) is 4.79 Å². The SMILES string of the molecule is CCCC1CCN(C(=O)CNC(C)CC)CC1. The number of hydrogen-bond acceptors (Lipinski definition) is 2. The van der Waals surface area contributed by atoms with Crippen molar-refractivity contribution < 1.29 is 4.79 Å². The molecule has 0 bridgehead atoms. The molecule has 3 heteroatoms. The van der Waals surface area contributed by atoms with E-state index < -0.39 is 0 Å². The molecule has 1 aliphatic heterocycles. The van der Waals surface area contributed by atoms with Gasteiger partial charge >= 0.3 is 0 Å². The summed E-state index contributed by atoms with van der Waals surface area (Å²) < 4.78 is 0. The van der Waals surface area contributed by atoms with Crippen molar-refractivity contribution in [2.45, 2.75) is 58.9 Å². The lowest BCUT2D eigenvalue weighted by molar-refractivity contribution is -0.131. The molecular formula is C14H28N2O. The van der Waals surface area contributed by atoms with Crippen molar-refractivity contribution in [2.24, 2.45) is 5.92 Å². The van der Waals surface area contributed by atoms with Crippen LogP contribution in [0.25, 0.3) is 0 Å². The van der Waals surface area contributed by atoms with Crippen molar-refractivity contribution >= 4 is 5.91 Å². The van der Waals surface area contributed by atoms with E-state index in [2.05, 4.69) is 26.1 Å². The second-order valence-electron chi connectivity index (χ2n) is 5.30. The maximum absolute atomic E-state index is 11.9. The maximum atomic E-state index is 11.9. The standard InChI is InChI=1S/C14H28N2O/c1-4-6-13-7-9-16(10-8-13)14(17)11-15-12(3)5-2/h12-13,15H,4-11H2,1-3H3. The van der Waals surface area contributed by atoms with E-state index in [1.165, 1.54) is 25.7 Å². The summed E-state index contributed by atoms with van der Waals surface area (Å²) in [5.74, 6) is 1.13. The molecule has 1 aliphatic rings. The molecule has 0 aromatic rings. The summed E-state index contributed by atoms with van der Waals surface area (Å²) >= 11 is 0. The van der Waals surface area contributed by atoms with Gasteiger partial charge < -0.3 is 10.2 Å². The Morgan fingerprint density at radius 2 is 2.00 bits per heavy atom. The third-order valence-corrected chi connectivity index (χ3v) is 3.88. The molecule has 1 amide bonds. The normalized spacial score (nSPS) is 19.4. The molecule has 1 fully saturated rings. The Hall–Kier alpha value is -0.570. The van der Waals surface area contributed by atoms with Gasteiger partial charge in [0, 0.05) is 19.1 Å². The molecule has 1 N–H and O–H groups in total. The number of nitrogens with one attached hydrogen (secondary N) is 1. The van der Waals surface area contributed by atoms with Gasteiger partial charge in [-0.3, -0.25) is 4.79 Å². The van der Waals surface area contributed by atoms with Gasteiger partial charge in [-0.15, -0.1) is 0 Å². The van der Waals surface area contributed by atoms with Crippen LogP contribution in [-0.4, -0.2) is 36.5 Å².